The second-order valence-corrected chi connectivity index (χ2v) is 8.90. The van der Waals surface area contributed by atoms with E-state index >= 15 is 0 Å². The number of fused-ring (bicyclic) bond motifs is 2. The topological polar surface area (TPSA) is 45.7 Å². The number of ether oxygens (including phenoxy) is 1. The van der Waals surface area contributed by atoms with Gasteiger partial charge in [0.25, 0.3) is 0 Å². The maximum atomic E-state index is 14.2. The van der Waals surface area contributed by atoms with Crippen LogP contribution in [-0.2, 0) is 4.74 Å². The maximum Gasteiger partial charge on any atom is 0.147 e. The van der Waals surface area contributed by atoms with Gasteiger partial charge in [0.2, 0.25) is 0 Å². The molecule has 3 heterocycles. The van der Waals surface area contributed by atoms with Gasteiger partial charge >= 0.3 is 0 Å². The number of hydrogen-bond acceptors (Lipinski definition) is 5. The number of amidine groups is 1. The summed E-state index contributed by atoms with van der Waals surface area (Å²) in [5.74, 6) is 1.10. The van der Waals surface area contributed by atoms with Crippen molar-refractivity contribution < 1.29 is 9.13 Å². The molecule has 2 N–H and O–H groups in total. The molecule has 28 heavy (non-hydrogen) atoms. The summed E-state index contributed by atoms with van der Waals surface area (Å²) in [6.07, 6.45) is 7.82. The summed E-state index contributed by atoms with van der Waals surface area (Å²) < 4.78 is 20.7. The van der Waals surface area contributed by atoms with Gasteiger partial charge in [0.05, 0.1) is 18.4 Å². The zero-order valence-corrected chi connectivity index (χ0v) is 17.5. The molecule has 0 saturated carbocycles. The van der Waals surface area contributed by atoms with Gasteiger partial charge in [-0.2, -0.15) is 0 Å². The van der Waals surface area contributed by atoms with E-state index in [2.05, 4.69) is 42.1 Å². The van der Waals surface area contributed by atoms with Gasteiger partial charge in [-0.3, -0.25) is 0 Å². The second-order valence-electron chi connectivity index (χ2n) is 8.38. The smallest absolute Gasteiger partial charge is 0.147 e. The van der Waals surface area contributed by atoms with Gasteiger partial charge in [-0.25, -0.2) is 9.38 Å². The van der Waals surface area contributed by atoms with Crippen molar-refractivity contribution in [3.8, 4) is 0 Å². The molecule has 3 aliphatic heterocycles. The van der Waals surface area contributed by atoms with E-state index in [-0.39, 0.29) is 17.8 Å². The molecule has 6 heteroatoms. The first-order valence-corrected chi connectivity index (χ1v) is 10.9. The minimum Gasteiger partial charge on any atom is -0.373 e. The minimum absolute atomic E-state index is 0.00949. The number of piperidine rings is 1. The largest absolute Gasteiger partial charge is 0.373 e. The lowest BCUT2D eigenvalue weighted by Crippen LogP contribution is -2.41. The molecule has 0 aliphatic carbocycles. The van der Waals surface area contributed by atoms with E-state index < -0.39 is 0 Å². The Kier molecular flexibility index (Phi) is 6.09. The normalized spacial score (nSPS) is 32.1. The maximum absolute atomic E-state index is 14.2. The van der Waals surface area contributed by atoms with Crippen molar-refractivity contribution in [2.24, 2.45) is 16.8 Å². The number of nitrogens with one attached hydrogen (secondary N) is 2. The van der Waals surface area contributed by atoms with Crippen LogP contribution in [0.25, 0.3) is 0 Å². The molecule has 1 aromatic carbocycles. The number of halogens is 1. The standard InChI is InChI=1S/C22H30FN3OS/c1-3-15-11-24-22(26-20-7-6-18(28)10-19(20)23)13(2)21(15)27-12-14-8-16-4-5-17(9-14)25-16/h6-7,10-11,13-14,16-17,21,25,28H,3-5,8-9,12H2,1-2H3,(H,24,26). The Bertz CT molecular complexity index is 769. The van der Waals surface area contributed by atoms with Crippen molar-refractivity contribution >= 4 is 24.2 Å². The van der Waals surface area contributed by atoms with Crippen molar-refractivity contribution in [1.82, 2.24) is 5.32 Å². The predicted molar refractivity (Wildman–Crippen MR) is 115 cm³/mol. The third kappa shape index (κ3) is 4.29. The molecular weight excluding hydrogens is 373 g/mol. The number of nitrogens with zero attached hydrogens (tertiary/aromatic N) is 1. The summed E-state index contributed by atoms with van der Waals surface area (Å²) in [5, 5.41) is 6.86. The molecule has 1 aromatic rings. The van der Waals surface area contributed by atoms with Crippen LogP contribution < -0.4 is 10.6 Å². The Morgan fingerprint density at radius 2 is 2.04 bits per heavy atom. The van der Waals surface area contributed by atoms with Crippen LogP contribution in [0.4, 0.5) is 10.1 Å². The van der Waals surface area contributed by atoms with Crippen molar-refractivity contribution in [1.29, 1.82) is 0 Å². The van der Waals surface area contributed by atoms with Crippen LogP contribution in [0.2, 0.25) is 0 Å². The summed E-state index contributed by atoms with van der Waals surface area (Å²) in [7, 11) is 0. The van der Waals surface area contributed by atoms with Crippen LogP contribution in [0.15, 0.2) is 39.9 Å². The van der Waals surface area contributed by atoms with Crippen LogP contribution in [0.3, 0.4) is 0 Å². The lowest BCUT2D eigenvalue weighted by Gasteiger charge is -2.34. The highest BCUT2D eigenvalue weighted by Gasteiger charge is 2.35. The third-order valence-corrected chi connectivity index (χ3v) is 6.60. The summed E-state index contributed by atoms with van der Waals surface area (Å²) in [6, 6.07) is 6.23. The van der Waals surface area contributed by atoms with Gasteiger partial charge in [-0.05, 0) is 61.8 Å². The minimum atomic E-state index is -0.324. The van der Waals surface area contributed by atoms with Crippen molar-refractivity contribution in [2.75, 3.05) is 11.9 Å². The fourth-order valence-corrected chi connectivity index (χ4v) is 4.98. The molecule has 0 spiro atoms. The number of thiol groups is 1. The molecule has 2 saturated heterocycles. The second kappa shape index (κ2) is 8.56. The quantitative estimate of drug-likeness (QED) is 0.620. The summed E-state index contributed by atoms with van der Waals surface area (Å²) in [5.41, 5.74) is 1.63. The Morgan fingerprint density at radius 3 is 2.71 bits per heavy atom. The number of hydrogen-bond donors (Lipinski definition) is 3. The summed E-state index contributed by atoms with van der Waals surface area (Å²) in [4.78, 5) is 5.17. The molecule has 4 rings (SSSR count). The van der Waals surface area contributed by atoms with Gasteiger partial charge in [-0.15, -0.1) is 12.6 Å². The first-order valence-electron chi connectivity index (χ1n) is 10.4. The molecule has 152 valence electrons. The van der Waals surface area contributed by atoms with E-state index in [9.17, 15) is 4.39 Å². The number of aliphatic imine (C=N–C) groups is 1. The molecule has 0 amide bonds. The molecule has 4 atom stereocenters. The van der Waals surface area contributed by atoms with E-state index in [1.165, 1.54) is 37.3 Å². The first-order chi connectivity index (χ1) is 13.5. The highest BCUT2D eigenvalue weighted by molar-refractivity contribution is 7.80. The lowest BCUT2D eigenvalue weighted by atomic mass is 9.91. The van der Waals surface area contributed by atoms with Gasteiger partial charge in [0, 0.05) is 29.1 Å². The van der Waals surface area contributed by atoms with Gasteiger partial charge in [0.1, 0.15) is 11.7 Å². The highest BCUT2D eigenvalue weighted by atomic mass is 32.1. The monoisotopic (exact) mass is 403 g/mol. The molecule has 3 aliphatic rings. The average Bonchev–Trinajstić information content (AvgIpc) is 3.02. The fraction of sp³-hybridized carbons (Fsp3) is 0.591. The zero-order valence-electron chi connectivity index (χ0n) is 16.6. The first kappa shape index (κ1) is 19.9. The molecule has 0 radical (unpaired) electrons. The van der Waals surface area contributed by atoms with Crippen molar-refractivity contribution in [3.63, 3.8) is 0 Å². The van der Waals surface area contributed by atoms with Crippen LogP contribution in [0.1, 0.15) is 46.0 Å². The number of benzene rings is 1. The van der Waals surface area contributed by atoms with E-state index in [1.54, 1.807) is 12.1 Å². The van der Waals surface area contributed by atoms with Crippen molar-refractivity contribution in [3.05, 3.63) is 35.8 Å². The predicted octanol–water partition coefficient (Wildman–Crippen LogP) is 4.78. The van der Waals surface area contributed by atoms with Crippen LogP contribution in [0, 0.1) is 17.7 Å². The van der Waals surface area contributed by atoms with Crippen LogP contribution in [-0.4, -0.2) is 30.6 Å². The van der Waals surface area contributed by atoms with Gasteiger partial charge < -0.3 is 15.4 Å². The zero-order chi connectivity index (χ0) is 19.7. The van der Waals surface area contributed by atoms with Gasteiger partial charge in [-0.1, -0.05) is 13.8 Å². The summed E-state index contributed by atoms with van der Waals surface area (Å²) in [6.45, 7) is 5.03. The fourth-order valence-electron chi connectivity index (χ4n) is 4.79. The van der Waals surface area contributed by atoms with E-state index in [0.717, 1.165) is 18.9 Å². The molecule has 4 nitrogen and oxygen atoms in total. The molecule has 4 unspecified atom stereocenters. The third-order valence-electron chi connectivity index (χ3n) is 6.33. The van der Waals surface area contributed by atoms with Gasteiger partial charge in [0.15, 0.2) is 0 Å². The lowest BCUT2D eigenvalue weighted by molar-refractivity contribution is 0.0207. The molecule has 0 aromatic heterocycles. The average molecular weight is 404 g/mol. The Morgan fingerprint density at radius 1 is 1.29 bits per heavy atom. The Balaban J connectivity index is 1.42. The molecule has 2 fully saturated rings. The molecular formula is C22H30FN3OS. The van der Waals surface area contributed by atoms with E-state index in [1.807, 2.05) is 6.20 Å². The van der Waals surface area contributed by atoms with E-state index in [4.69, 9.17) is 4.74 Å². The van der Waals surface area contributed by atoms with E-state index in [0.29, 0.717) is 28.6 Å². The Labute approximate surface area is 172 Å². The SMILES string of the molecule is CCC1=CN=C(Nc2ccc(S)cc2F)C(C)C1OCC1CC2CCC(C1)N2. The molecule has 2 bridgehead atoms. The summed E-state index contributed by atoms with van der Waals surface area (Å²) >= 11 is 4.19. The van der Waals surface area contributed by atoms with Crippen LogP contribution in [0.5, 0.6) is 0 Å². The highest BCUT2D eigenvalue weighted by Crippen LogP contribution is 2.33. The van der Waals surface area contributed by atoms with Crippen LogP contribution >= 0.6 is 12.6 Å². The Hall–Kier alpha value is -1.37. The van der Waals surface area contributed by atoms with Crippen molar-refractivity contribution in [2.45, 2.75) is 69.0 Å². The number of rotatable bonds is 5. The number of anilines is 1.